The highest BCUT2D eigenvalue weighted by atomic mass is 35.5. The molecule has 1 unspecified atom stereocenters. The molecule has 6 aliphatic rings. The topological polar surface area (TPSA) is 209 Å². The van der Waals surface area contributed by atoms with Crippen molar-refractivity contribution in [1.82, 2.24) is 44.8 Å². The maximum atomic E-state index is 14.4. The van der Waals surface area contributed by atoms with Gasteiger partial charge >= 0.3 is 5.51 Å². The summed E-state index contributed by atoms with van der Waals surface area (Å²) >= 11 is 10.3. The van der Waals surface area contributed by atoms with Gasteiger partial charge in [0.1, 0.15) is 17.0 Å². The summed E-state index contributed by atoms with van der Waals surface area (Å²) in [4.78, 5) is 88.8. The first-order chi connectivity index (χ1) is 53.1. The molecular formula is C84H107ClF3N11O8S4. The van der Waals surface area contributed by atoms with Gasteiger partial charge in [0.05, 0.1) is 41.0 Å². The van der Waals surface area contributed by atoms with Crippen LogP contribution in [0.3, 0.4) is 0 Å². The van der Waals surface area contributed by atoms with Gasteiger partial charge in [0.25, 0.3) is 15.7 Å². The number of nitrogens with zero attached hydrogens (tertiary/aromatic N) is 7. The summed E-state index contributed by atoms with van der Waals surface area (Å²) in [7, 11) is -5.81. The lowest BCUT2D eigenvalue weighted by molar-refractivity contribution is -0.144. The number of likely N-dealkylation sites (tertiary alicyclic amines) is 1. The fraction of sp³-hybridized carbons (Fsp3) is 0.524. The SMILES string of the molecule is Cc1ncsc1-c1ccc([C@H](C)NC(=O)[C@@H]2CCCN2C(=O)[C@@H](NC(=O)C[C@H]2CC[C@@H](CC(=O)N3CCN(CC4(C)CCC(c5ccc(Cl)cc5)=C(CN5CCN(c6ccc(C(=O)NSc7ccc(N[C@H](CCN8CCOCC8)CSc8ccccc8)c(S(=O)(=O)C(F)(F)F)c7)cc6)CC5)C4)CC3)CC2)C(C)(C)C)cc1. The van der Waals surface area contributed by atoms with Crippen molar-refractivity contribution in [3.63, 3.8) is 0 Å². The average Bonchev–Trinajstić information content (AvgIpc) is 1.33. The van der Waals surface area contributed by atoms with Gasteiger partial charge < -0.3 is 35.4 Å². The van der Waals surface area contributed by atoms with Crippen molar-refractivity contribution >= 4 is 103 Å². The van der Waals surface area contributed by atoms with E-state index in [0.717, 1.165) is 161 Å². The number of halogens is 4. The van der Waals surface area contributed by atoms with Crippen molar-refractivity contribution in [2.45, 2.75) is 163 Å². The van der Waals surface area contributed by atoms with Crippen LogP contribution in [0.1, 0.15) is 145 Å². The summed E-state index contributed by atoms with van der Waals surface area (Å²) in [5.74, 6) is 0.0197. The van der Waals surface area contributed by atoms with Crippen molar-refractivity contribution < 1.29 is 50.3 Å². The highest BCUT2D eigenvalue weighted by Gasteiger charge is 2.49. The summed E-state index contributed by atoms with van der Waals surface area (Å²) in [6.45, 7) is 23.9. The number of thioether (sulfide) groups is 1. The third kappa shape index (κ3) is 22.1. The van der Waals surface area contributed by atoms with Crippen molar-refractivity contribution in [2.24, 2.45) is 22.7 Å². The first-order valence-corrected chi connectivity index (χ1v) is 43.8. The molecule has 0 bridgehead atoms. The number of aromatic nitrogens is 1. The Morgan fingerprint density at radius 3 is 2.07 bits per heavy atom. The van der Waals surface area contributed by atoms with Crippen LogP contribution in [0.2, 0.25) is 5.02 Å². The Morgan fingerprint density at radius 2 is 1.41 bits per heavy atom. The number of nitrogens with one attached hydrogen (secondary N) is 4. The van der Waals surface area contributed by atoms with Gasteiger partial charge in [-0.2, -0.15) is 13.2 Å². The van der Waals surface area contributed by atoms with Crippen LogP contribution in [0.4, 0.5) is 24.5 Å². The number of anilines is 2. The molecule has 0 spiro atoms. The summed E-state index contributed by atoms with van der Waals surface area (Å²) in [5, 5.41) is 10.2. The second-order valence-corrected chi connectivity index (χ2v) is 37.5. The summed E-state index contributed by atoms with van der Waals surface area (Å²) < 4.78 is 77.8. The van der Waals surface area contributed by atoms with E-state index in [0.29, 0.717) is 87.8 Å². The lowest BCUT2D eigenvalue weighted by atomic mass is 9.71. The van der Waals surface area contributed by atoms with Crippen LogP contribution >= 0.6 is 46.6 Å². The Bertz CT molecular complexity index is 4310. The molecule has 19 nitrogen and oxygen atoms in total. The Morgan fingerprint density at radius 1 is 0.748 bits per heavy atom. The molecule has 598 valence electrons. The fourth-order valence-electron chi connectivity index (χ4n) is 16.6. The number of thiazole rings is 1. The molecule has 6 aromatic rings. The van der Waals surface area contributed by atoms with E-state index < -0.39 is 43.6 Å². The maximum Gasteiger partial charge on any atom is 0.501 e. The van der Waals surface area contributed by atoms with Gasteiger partial charge in [-0.15, -0.1) is 23.1 Å². The monoisotopic (exact) mass is 1620 g/mol. The highest BCUT2D eigenvalue weighted by Crippen LogP contribution is 2.45. The highest BCUT2D eigenvalue weighted by molar-refractivity contribution is 7.99. The molecule has 0 radical (unpaired) electrons. The molecule has 111 heavy (non-hydrogen) atoms. The third-order valence-corrected chi connectivity index (χ3v) is 27.8. The number of piperazine rings is 2. The molecule has 5 atom stereocenters. The minimum absolute atomic E-state index is 0.0182. The zero-order chi connectivity index (χ0) is 78.6. The first-order valence-electron chi connectivity index (χ1n) is 39.2. The summed E-state index contributed by atoms with van der Waals surface area (Å²) in [6.07, 6.45) is 8.98. The van der Waals surface area contributed by atoms with E-state index in [1.165, 1.54) is 40.6 Å². The Labute approximate surface area is 670 Å². The van der Waals surface area contributed by atoms with Crippen LogP contribution in [0.15, 0.2) is 147 Å². The number of carbonyl (C=O) groups excluding carboxylic acids is 5. The van der Waals surface area contributed by atoms with Crippen molar-refractivity contribution in [2.75, 3.05) is 121 Å². The van der Waals surface area contributed by atoms with E-state index in [1.54, 1.807) is 28.4 Å². The van der Waals surface area contributed by atoms with E-state index in [2.05, 4.69) is 81.3 Å². The quantitative estimate of drug-likeness (QED) is 0.0266. The number of ether oxygens (including phenoxy) is 1. The molecule has 5 amide bonds. The van der Waals surface area contributed by atoms with Gasteiger partial charge in [-0.3, -0.25) is 43.4 Å². The fourth-order valence-corrected chi connectivity index (χ4v) is 20.1. The van der Waals surface area contributed by atoms with Crippen molar-refractivity contribution in [3.8, 4) is 10.4 Å². The molecule has 4 N–H and O–H groups in total. The average molecular weight is 1620 g/mol. The first kappa shape index (κ1) is 83.4. The predicted molar refractivity (Wildman–Crippen MR) is 438 cm³/mol. The molecular weight excluding hydrogens is 1510 g/mol. The number of carbonyl (C=O) groups is 5. The second kappa shape index (κ2) is 37.5. The second-order valence-electron chi connectivity index (χ2n) is 32.4. The zero-order valence-corrected chi connectivity index (χ0v) is 68.7. The summed E-state index contributed by atoms with van der Waals surface area (Å²) in [5.41, 5.74) is 3.86. The third-order valence-electron chi connectivity index (χ3n) is 23.0. The van der Waals surface area contributed by atoms with E-state index >= 15 is 0 Å². The smallest absolute Gasteiger partial charge is 0.380 e. The van der Waals surface area contributed by atoms with Crippen LogP contribution in [0.5, 0.6) is 0 Å². The molecule has 4 aliphatic heterocycles. The molecule has 5 fully saturated rings. The van der Waals surface area contributed by atoms with Gasteiger partial charge in [0.2, 0.25) is 23.6 Å². The van der Waals surface area contributed by atoms with Crippen molar-refractivity contribution in [3.05, 3.63) is 160 Å². The molecule has 5 heterocycles. The number of benzene rings is 5. The lowest BCUT2D eigenvalue weighted by Crippen LogP contribution is -2.57. The van der Waals surface area contributed by atoms with Crippen LogP contribution in [-0.2, 0) is 33.8 Å². The van der Waals surface area contributed by atoms with Crippen LogP contribution < -0.4 is 25.6 Å². The van der Waals surface area contributed by atoms with Crippen LogP contribution in [-0.4, -0.2) is 202 Å². The normalized spacial score (nSPS) is 21.5. The Kier molecular flexibility index (Phi) is 28.2. The minimum Gasteiger partial charge on any atom is -0.380 e. The lowest BCUT2D eigenvalue weighted by Gasteiger charge is -2.44. The van der Waals surface area contributed by atoms with Gasteiger partial charge in [0.15, 0.2) is 0 Å². The molecule has 27 heteroatoms. The maximum absolute atomic E-state index is 14.4. The number of allylic oxidation sites excluding steroid dienone is 1. The number of aryl methyl sites for hydroxylation is 1. The number of rotatable bonds is 28. The van der Waals surface area contributed by atoms with E-state index in [9.17, 15) is 45.6 Å². The number of morpholine rings is 1. The van der Waals surface area contributed by atoms with Gasteiger partial charge in [-0.05, 0) is 202 Å². The molecule has 2 aliphatic carbocycles. The Hall–Kier alpha value is -7.01. The summed E-state index contributed by atoms with van der Waals surface area (Å²) in [6, 6.07) is 34.9. The number of sulfone groups is 1. The molecule has 1 aromatic heterocycles. The van der Waals surface area contributed by atoms with E-state index in [1.807, 2.05) is 107 Å². The largest absolute Gasteiger partial charge is 0.501 e. The number of hydrogen-bond acceptors (Lipinski definition) is 17. The number of amides is 5. The van der Waals surface area contributed by atoms with Gasteiger partial charge in [0, 0.05) is 142 Å². The van der Waals surface area contributed by atoms with E-state index in [-0.39, 0.29) is 63.5 Å². The molecule has 4 saturated heterocycles. The van der Waals surface area contributed by atoms with Crippen LogP contribution in [0.25, 0.3) is 16.0 Å². The standard InChI is InChI=1S/C84H107ClF3N11O8S4/c1-57(61-18-20-63(21-19-61)77-58(2)89-56-109-77)90-80(103)73-13-10-35-99(73)81(104)78(82(3,4)5)92-75(100)49-59-14-16-60(17-15-59)50-76(101)98-43-39-96(40-44-98)55-83(6)34-32-71(62-22-26-66(85)27-23-62)65(52-83)53-95-37-41-97(42-38-95)68-28-24-64(25-29-68)79(102)93-110-70-30-31-72(74(51-70)111(105,106)84(86,87)88)91-67(33-36-94-45-47-107-48-46-94)54-108-69-11-8-7-9-12-69/h7-9,11-12,18-31,51,56-57,59-60,67,73,78,91H,10,13-17,32-50,52-55H2,1-6H3,(H,90,103)(H,92,100)(H,93,102)/t57-,59-,60+,67+,73-,78+,83?/m0/s1. The van der Waals surface area contributed by atoms with Gasteiger partial charge in [-0.1, -0.05) is 99.5 Å². The van der Waals surface area contributed by atoms with Gasteiger partial charge in [-0.25, -0.2) is 13.4 Å². The molecule has 12 rings (SSSR count). The van der Waals surface area contributed by atoms with Crippen LogP contribution in [0, 0.1) is 29.6 Å². The van der Waals surface area contributed by atoms with E-state index in [4.69, 9.17) is 16.3 Å². The number of alkyl halides is 3. The molecule has 1 saturated carbocycles. The molecule has 5 aromatic carbocycles. The zero-order valence-electron chi connectivity index (χ0n) is 64.6. The predicted octanol–water partition coefficient (Wildman–Crippen LogP) is 14.7. The number of hydrogen-bond donors (Lipinski definition) is 4. The Balaban J connectivity index is 0.581. The minimum atomic E-state index is -5.81. The van der Waals surface area contributed by atoms with Crippen molar-refractivity contribution in [1.29, 1.82) is 0 Å².